The molecule has 3 heterocycles. The van der Waals surface area contributed by atoms with Crippen molar-refractivity contribution in [1.29, 1.82) is 0 Å². The third-order valence-corrected chi connectivity index (χ3v) is 11.7. The van der Waals surface area contributed by atoms with Crippen LogP contribution >= 0.6 is 0 Å². The van der Waals surface area contributed by atoms with Gasteiger partial charge in [0.2, 0.25) is 0 Å². The molecular formula is C57H35N5O. The number of hydrogen-bond acceptors (Lipinski definition) is 6. The van der Waals surface area contributed by atoms with Crippen LogP contribution in [0.5, 0.6) is 0 Å². The predicted octanol–water partition coefficient (Wildman–Crippen LogP) is 14.5. The van der Waals surface area contributed by atoms with Crippen LogP contribution in [-0.4, -0.2) is 24.9 Å². The summed E-state index contributed by atoms with van der Waals surface area (Å²) in [7, 11) is 0. The van der Waals surface area contributed by atoms with E-state index in [0.29, 0.717) is 23.3 Å². The highest BCUT2D eigenvalue weighted by Gasteiger charge is 2.18. The zero-order chi connectivity index (χ0) is 41.7. The van der Waals surface area contributed by atoms with E-state index >= 15 is 0 Å². The minimum atomic E-state index is 0.600. The average Bonchev–Trinajstić information content (AvgIpc) is 3.74. The molecule has 12 aromatic rings. The Balaban J connectivity index is 0.971. The summed E-state index contributed by atoms with van der Waals surface area (Å²) in [4.78, 5) is 25.8. The van der Waals surface area contributed by atoms with Gasteiger partial charge < -0.3 is 4.42 Å². The molecule has 0 fully saturated rings. The van der Waals surface area contributed by atoms with E-state index in [1.54, 1.807) is 0 Å². The highest BCUT2D eigenvalue weighted by molar-refractivity contribution is 6.06. The molecule has 0 bridgehead atoms. The Morgan fingerprint density at radius 1 is 0.254 bits per heavy atom. The van der Waals surface area contributed by atoms with Crippen LogP contribution < -0.4 is 0 Å². The molecule has 0 saturated carbocycles. The third kappa shape index (κ3) is 6.67. The lowest BCUT2D eigenvalue weighted by molar-refractivity contribution is 0.669. The van der Waals surface area contributed by atoms with E-state index in [4.69, 9.17) is 29.3 Å². The van der Waals surface area contributed by atoms with E-state index in [9.17, 15) is 0 Å². The highest BCUT2D eigenvalue weighted by atomic mass is 16.3. The first kappa shape index (κ1) is 36.3. The van der Waals surface area contributed by atoms with Gasteiger partial charge in [0, 0.05) is 44.2 Å². The maximum atomic E-state index is 6.29. The van der Waals surface area contributed by atoms with Crippen LogP contribution in [-0.2, 0) is 0 Å². The maximum Gasteiger partial charge on any atom is 0.164 e. The van der Waals surface area contributed by atoms with Crippen LogP contribution in [0.2, 0.25) is 0 Å². The third-order valence-electron chi connectivity index (χ3n) is 11.7. The highest BCUT2D eigenvalue weighted by Crippen LogP contribution is 2.36. The second kappa shape index (κ2) is 15.1. The Morgan fingerprint density at radius 2 is 0.714 bits per heavy atom. The van der Waals surface area contributed by atoms with Gasteiger partial charge in [-0.3, -0.25) is 0 Å². The smallest absolute Gasteiger partial charge is 0.164 e. The minimum absolute atomic E-state index is 0.600. The Hall–Kier alpha value is -8.61. The summed E-state index contributed by atoms with van der Waals surface area (Å²) in [6.07, 6.45) is 0. The van der Waals surface area contributed by atoms with Crippen molar-refractivity contribution >= 4 is 43.5 Å². The van der Waals surface area contributed by atoms with Crippen LogP contribution in [0.4, 0.5) is 0 Å². The van der Waals surface area contributed by atoms with Crippen molar-refractivity contribution in [2.24, 2.45) is 0 Å². The van der Waals surface area contributed by atoms with Crippen molar-refractivity contribution in [2.75, 3.05) is 0 Å². The van der Waals surface area contributed by atoms with Crippen LogP contribution in [0, 0.1) is 0 Å². The Morgan fingerprint density at radius 3 is 1.40 bits per heavy atom. The van der Waals surface area contributed by atoms with Gasteiger partial charge in [0.1, 0.15) is 11.2 Å². The largest absolute Gasteiger partial charge is 0.456 e. The van der Waals surface area contributed by atoms with E-state index in [1.165, 1.54) is 0 Å². The number of aromatic nitrogens is 5. The van der Waals surface area contributed by atoms with Gasteiger partial charge in [-0.05, 0) is 69.1 Å². The zero-order valence-corrected chi connectivity index (χ0v) is 33.9. The Kier molecular flexibility index (Phi) is 8.71. The molecule has 0 atom stereocenters. The molecule has 9 aromatic carbocycles. The average molecular weight is 806 g/mol. The fraction of sp³-hybridized carbons (Fsp3) is 0. The summed E-state index contributed by atoms with van der Waals surface area (Å²) >= 11 is 0. The summed E-state index contributed by atoms with van der Waals surface area (Å²) in [5, 5.41) is 6.61. The van der Waals surface area contributed by atoms with Crippen LogP contribution in [0.3, 0.4) is 0 Å². The molecular weight excluding hydrogens is 771 g/mol. The molecule has 0 N–H and O–H groups in total. The molecule has 12 rings (SSSR count). The number of benzene rings is 9. The van der Waals surface area contributed by atoms with Gasteiger partial charge in [-0.25, -0.2) is 24.9 Å². The van der Waals surface area contributed by atoms with E-state index in [2.05, 4.69) is 164 Å². The molecule has 63 heavy (non-hydrogen) atoms. The number of hydrogen-bond donors (Lipinski definition) is 0. The molecule has 6 heteroatoms. The van der Waals surface area contributed by atoms with Gasteiger partial charge in [-0.1, -0.05) is 176 Å². The molecule has 294 valence electrons. The summed E-state index contributed by atoms with van der Waals surface area (Å²) in [6.45, 7) is 0. The van der Waals surface area contributed by atoms with Crippen molar-refractivity contribution in [3.8, 4) is 79.2 Å². The standard InChI is InChI=1S/C57H35N5O/c1-2-16-38(17-3-1)54-58-50(35-51(59-54)42-30-31-47-46-26-8-9-29-52(46)63-53(47)34-42)41-22-10-20-39(32-41)40-21-11-23-43(33-40)55-60-56(48-27-12-18-36-14-4-6-24-44(36)48)62-57(61-55)49-28-13-19-37-15-5-7-25-45(37)49/h1-35H. The summed E-state index contributed by atoms with van der Waals surface area (Å²) in [5.74, 6) is 2.50. The molecule has 0 radical (unpaired) electrons. The number of rotatable bonds is 7. The SMILES string of the molecule is c1ccc(-c2nc(-c3cccc(-c4cccc(-c5nc(-c6cccc7ccccc67)nc(-c6cccc7ccccc67)n5)c4)c3)cc(-c3ccc4c(c3)oc3ccccc34)n2)cc1. The van der Waals surface area contributed by atoms with E-state index in [1.807, 2.05) is 48.5 Å². The van der Waals surface area contributed by atoms with Crippen LogP contribution in [0.15, 0.2) is 217 Å². The predicted molar refractivity (Wildman–Crippen MR) is 256 cm³/mol. The summed E-state index contributed by atoms with van der Waals surface area (Å²) in [6, 6.07) is 72.9. The molecule has 6 nitrogen and oxygen atoms in total. The van der Waals surface area contributed by atoms with E-state index < -0.39 is 0 Å². The Labute approximate surface area is 362 Å². The second-order valence-corrected chi connectivity index (χ2v) is 15.7. The second-order valence-electron chi connectivity index (χ2n) is 15.7. The normalized spacial score (nSPS) is 11.5. The molecule has 0 unspecified atom stereocenters. The van der Waals surface area contributed by atoms with Crippen molar-refractivity contribution in [3.05, 3.63) is 212 Å². The van der Waals surface area contributed by atoms with Gasteiger partial charge >= 0.3 is 0 Å². The molecule has 0 amide bonds. The van der Waals surface area contributed by atoms with Gasteiger partial charge in [-0.2, -0.15) is 0 Å². The topological polar surface area (TPSA) is 77.6 Å². The lowest BCUT2D eigenvalue weighted by Gasteiger charge is -2.13. The first-order valence-corrected chi connectivity index (χ1v) is 21.0. The lowest BCUT2D eigenvalue weighted by atomic mass is 9.98. The minimum Gasteiger partial charge on any atom is -0.456 e. The monoisotopic (exact) mass is 805 g/mol. The van der Waals surface area contributed by atoms with Crippen molar-refractivity contribution in [3.63, 3.8) is 0 Å². The first-order chi connectivity index (χ1) is 31.2. The molecule has 0 saturated heterocycles. The maximum absolute atomic E-state index is 6.29. The number of fused-ring (bicyclic) bond motifs is 5. The summed E-state index contributed by atoms with van der Waals surface area (Å²) < 4.78 is 6.29. The van der Waals surface area contributed by atoms with E-state index in [0.717, 1.165) is 99.4 Å². The molecule has 0 aliphatic heterocycles. The number of nitrogens with zero attached hydrogens (tertiary/aromatic N) is 5. The van der Waals surface area contributed by atoms with Gasteiger partial charge in [0.25, 0.3) is 0 Å². The molecule has 0 aliphatic carbocycles. The fourth-order valence-corrected chi connectivity index (χ4v) is 8.63. The summed E-state index contributed by atoms with van der Waals surface area (Å²) in [5.41, 5.74) is 11.1. The first-order valence-electron chi connectivity index (χ1n) is 21.0. The van der Waals surface area contributed by atoms with Crippen molar-refractivity contribution < 1.29 is 4.42 Å². The van der Waals surface area contributed by atoms with E-state index in [-0.39, 0.29) is 0 Å². The fourth-order valence-electron chi connectivity index (χ4n) is 8.63. The number of furan rings is 1. The lowest BCUT2D eigenvalue weighted by Crippen LogP contribution is -2.01. The van der Waals surface area contributed by atoms with Crippen LogP contribution in [0.25, 0.3) is 123 Å². The van der Waals surface area contributed by atoms with Gasteiger partial charge in [-0.15, -0.1) is 0 Å². The van der Waals surface area contributed by atoms with Crippen molar-refractivity contribution in [1.82, 2.24) is 24.9 Å². The quantitative estimate of drug-likeness (QED) is 0.160. The van der Waals surface area contributed by atoms with Gasteiger partial charge in [0.15, 0.2) is 23.3 Å². The van der Waals surface area contributed by atoms with Crippen LogP contribution in [0.1, 0.15) is 0 Å². The van der Waals surface area contributed by atoms with Crippen molar-refractivity contribution in [2.45, 2.75) is 0 Å². The molecule has 0 aliphatic rings. The molecule has 3 aromatic heterocycles. The Bertz CT molecular complexity index is 3600. The number of para-hydroxylation sites is 1. The van der Waals surface area contributed by atoms with Gasteiger partial charge in [0.05, 0.1) is 11.4 Å². The molecule has 0 spiro atoms. The zero-order valence-electron chi connectivity index (χ0n) is 33.9.